The lowest BCUT2D eigenvalue weighted by Crippen LogP contribution is -2.30. The van der Waals surface area contributed by atoms with Crippen molar-refractivity contribution in [2.75, 3.05) is 25.6 Å². The third kappa shape index (κ3) is 5.47. The van der Waals surface area contributed by atoms with E-state index in [1.54, 1.807) is 0 Å². The normalized spacial score (nSPS) is 20.6. The number of nitrogens with zero attached hydrogens (tertiary/aromatic N) is 1. The second-order valence-electron chi connectivity index (χ2n) is 9.96. The summed E-state index contributed by atoms with van der Waals surface area (Å²) in [6, 6.07) is 12.8. The zero-order valence-electron chi connectivity index (χ0n) is 19.4. The summed E-state index contributed by atoms with van der Waals surface area (Å²) in [5.41, 5.74) is 1.49. The van der Waals surface area contributed by atoms with Crippen molar-refractivity contribution in [3.63, 3.8) is 0 Å². The standard InChI is InChI=1S/C26H37NO3/c1-18(25(28)29-6)17-27(5)22-11-7-20-16-24(12-8-19(20)15-22)30-23-13-9-21(10-14-23)26(2,3)4/h7-8,11-12,15-16,18,21,23H,9-10,13-14,17H2,1-6H3/t18?,21-,23-. The fraction of sp³-hybridized carbons (Fsp3) is 0.577. The van der Waals surface area contributed by atoms with Crippen molar-refractivity contribution in [1.29, 1.82) is 0 Å². The van der Waals surface area contributed by atoms with Gasteiger partial charge in [0.2, 0.25) is 0 Å². The maximum Gasteiger partial charge on any atom is 0.310 e. The van der Waals surface area contributed by atoms with Crippen LogP contribution in [-0.4, -0.2) is 32.8 Å². The SMILES string of the molecule is COC(=O)C(C)CN(C)c1ccc2cc(O[C@H]3CC[C@H](C(C)(C)C)CC3)ccc2c1. The number of esters is 1. The largest absolute Gasteiger partial charge is 0.490 e. The van der Waals surface area contributed by atoms with Crippen molar-refractivity contribution < 1.29 is 14.3 Å². The van der Waals surface area contributed by atoms with Crippen LogP contribution in [-0.2, 0) is 9.53 Å². The highest BCUT2D eigenvalue weighted by Gasteiger charge is 2.30. The monoisotopic (exact) mass is 411 g/mol. The van der Waals surface area contributed by atoms with Gasteiger partial charge in [-0.05, 0) is 72.1 Å². The van der Waals surface area contributed by atoms with Crippen LogP contribution in [0.2, 0.25) is 0 Å². The predicted molar refractivity (Wildman–Crippen MR) is 124 cm³/mol. The highest BCUT2D eigenvalue weighted by Crippen LogP contribution is 2.39. The summed E-state index contributed by atoms with van der Waals surface area (Å²) in [6.07, 6.45) is 5.11. The first-order valence-corrected chi connectivity index (χ1v) is 11.2. The van der Waals surface area contributed by atoms with Gasteiger partial charge in [-0.25, -0.2) is 0 Å². The van der Waals surface area contributed by atoms with Gasteiger partial charge in [0, 0.05) is 19.3 Å². The van der Waals surface area contributed by atoms with E-state index in [-0.39, 0.29) is 11.9 Å². The summed E-state index contributed by atoms with van der Waals surface area (Å²) in [5, 5.41) is 2.35. The van der Waals surface area contributed by atoms with Crippen molar-refractivity contribution >= 4 is 22.4 Å². The molecular formula is C26H37NO3. The van der Waals surface area contributed by atoms with E-state index in [0.29, 0.717) is 18.1 Å². The van der Waals surface area contributed by atoms with E-state index >= 15 is 0 Å². The number of ether oxygens (including phenoxy) is 2. The molecule has 1 aliphatic rings. The van der Waals surface area contributed by atoms with Crippen LogP contribution in [0, 0.1) is 17.3 Å². The first kappa shape index (κ1) is 22.5. The average Bonchev–Trinajstić information content (AvgIpc) is 2.72. The van der Waals surface area contributed by atoms with E-state index in [1.807, 2.05) is 14.0 Å². The Hall–Kier alpha value is -2.23. The summed E-state index contributed by atoms with van der Waals surface area (Å²) < 4.78 is 11.2. The summed E-state index contributed by atoms with van der Waals surface area (Å²) in [4.78, 5) is 13.8. The molecule has 0 radical (unpaired) electrons. The molecule has 4 nitrogen and oxygen atoms in total. The van der Waals surface area contributed by atoms with Gasteiger partial charge in [-0.15, -0.1) is 0 Å². The molecular weight excluding hydrogens is 374 g/mol. The topological polar surface area (TPSA) is 38.8 Å². The van der Waals surface area contributed by atoms with E-state index in [4.69, 9.17) is 9.47 Å². The summed E-state index contributed by atoms with van der Waals surface area (Å²) >= 11 is 0. The number of rotatable bonds is 6. The van der Waals surface area contributed by atoms with Gasteiger partial charge in [0.1, 0.15) is 5.75 Å². The second kappa shape index (κ2) is 9.28. The van der Waals surface area contributed by atoms with Crippen molar-refractivity contribution in [2.24, 2.45) is 17.3 Å². The first-order chi connectivity index (χ1) is 14.2. The van der Waals surface area contributed by atoms with E-state index < -0.39 is 0 Å². The van der Waals surface area contributed by atoms with E-state index in [9.17, 15) is 4.79 Å². The second-order valence-corrected chi connectivity index (χ2v) is 9.96. The molecule has 30 heavy (non-hydrogen) atoms. The Labute approximate surface area is 181 Å². The lowest BCUT2D eigenvalue weighted by Gasteiger charge is -2.37. The van der Waals surface area contributed by atoms with Gasteiger partial charge >= 0.3 is 5.97 Å². The van der Waals surface area contributed by atoms with Crippen LogP contribution >= 0.6 is 0 Å². The predicted octanol–water partition coefficient (Wildman–Crippen LogP) is 6.07. The Kier molecular flexibility index (Phi) is 6.95. The van der Waals surface area contributed by atoms with Crippen LogP contribution in [0.4, 0.5) is 5.69 Å². The number of anilines is 1. The molecule has 2 aromatic rings. The highest BCUT2D eigenvalue weighted by molar-refractivity contribution is 5.87. The minimum absolute atomic E-state index is 0.167. The number of benzene rings is 2. The van der Waals surface area contributed by atoms with E-state index in [2.05, 4.69) is 62.1 Å². The van der Waals surface area contributed by atoms with Crippen LogP contribution in [0.3, 0.4) is 0 Å². The molecule has 0 aromatic heterocycles. The zero-order valence-corrected chi connectivity index (χ0v) is 19.4. The maximum atomic E-state index is 11.7. The summed E-state index contributed by atoms with van der Waals surface area (Å²) in [5.74, 6) is 1.41. The molecule has 164 valence electrons. The Morgan fingerprint density at radius 3 is 2.33 bits per heavy atom. The molecule has 1 unspecified atom stereocenters. The first-order valence-electron chi connectivity index (χ1n) is 11.2. The Balaban J connectivity index is 1.63. The van der Waals surface area contributed by atoms with E-state index in [0.717, 1.165) is 30.2 Å². The van der Waals surface area contributed by atoms with Gasteiger partial charge in [0.05, 0.1) is 19.1 Å². The van der Waals surface area contributed by atoms with Gasteiger partial charge in [-0.3, -0.25) is 4.79 Å². The van der Waals surface area contributed by atoms with Crippen molar-refractivity contribution in [3.05, 3.63) is 36.4 Å². The fourth-order valence-electron chi connectivity index (χ4n) is 4.55. The molecule has 0 aliphatic heterocycles. The van der Waals surface area contributed by atoms with Crippen molar-refractivity contribution in [1.82, 2.24) is 0 Å². The molecule has 3 rings (SSSR count). The van der Waals surface area contributed by atoms with Gasteiger partial charge < -0.3 is 14.4 Å². The van der Waals surface area contributed by atoms with Crippen molar-refractivity contribution in [3.8, 4) is 5.75 Å². The summed E-state index contributed by atoms with van der Waals surface area (Å²) in [7, 11) is 3.44. The molecule has 0 N–H and O–H groups in total. The summed E-state index contributed by atoms with van der Waals surface area (Å²) in [6.45, 7) is 9.57. The minimum Gasteiger partial charge on any atom is -0.490 e. The Morgan fingerprint density at radius 1 is 1.07 bits per heavy atom. The Morgan fingerprint density at radius 2 is 1.70 bits per heavy atom. The number of carbonyl (C=O) groups excluding carboxylic acids is 1. The Bertz CT molecular complexity index is 862. The maximum absolute atomic E-state index is 11.7. The molecule has 2 aromatic carbocycles. The van der Waals surface area contributed by atoms with Gasteiger partial charge in [0.25, 0.3) is 0 Å². The van der Waals surface area contributed by atoms with Crippen LogP contribution < -0.4 is 9.64 Å². The highest BCUT2D eigenvalue weighted by atomic mass is 16.5. The van der Waals surface area contributed by atoms with Crippen LogP contribution in [0.15, 0.2) is 36.4 Å². The third-order valence-corrected chi connectivity index (χ3v) is 6.59. The molecule has 0 spiro atoms. The molecule has 0 saturated heterocycles. The van der Waals surface area contributed by atoms with Gasteiger partial charge in [0.15, 0.2) is 0 Å². The fourth-order valence-corrected chi connectivity index (χ4v) is 4.55. The zero-order chi connectivity index (χ0) is 21.9. The number of hydrogen-bond donors (Lipinski definition) is 0. The van der Waals surface area contributed by atoms with Gasteiger partial charge in [-0.2, -0.15) is 0 Å². The lowest BCUT2D eigenvalue weighted by atomic mass is 9.72. The molecule has 1 atom stereocenters. The molecule has 0 bridgehead atoms. The lowest BCUT2D eigenvalue weighted by molar-refractivity contribution is -0.144. The number of methoxy groups -OCH3 is 1. The number of carbonyl (C=O) groups is 1. The average molecular weight is 412 g/mol. The third-order valence-electron chi connectivity index (χ3n) is 6.59. The van der Waals surface area contributed by atoms with Crippen LogP contribution in [0.25, 0.3) is 10.8 Å². The van der Waals surface area contributed by atoms with Crippen molar-refractivity contribution in [2.45, 2.75) is 59.5 Å². The quantitative estimate of drug-likeness (QED) is 0.541. The van der Waals surface area contributed by atoms with Crippen LogP contribution in [0.1, 0.15) is 53.4 Å². The molecule has 1 fully saturated rings. The molecule has 0 heterocycles. The number of hydrogen-bond acceptors (Lipinski definition) is 4. The number of fused-ring (bicyclic) bond motifs is 1. The van der Waals surface area contributed by atoms with Gasteiger partial charge in [-0.1, -0.05) is 39.8 Å². The molecule has 0 amide bonds. The minimum atomic E-state index is -0.180. The van der Waals surface area contributed by atoms with E-state index in [1.165, 1.54) is 30.7 Å². The van der Waals surface area contributed by atoms with Crippen LogP contribution in [0.5, 0.6) is 5.75 Å². The molecule has 4 heteroatoms. The molecule has 1 aliphatic carbocycles. The molecule has 1 saturated carbocycles. The smallest absolute Gasteiger partial charge is 0.310 e.